The number of carbonyl (C=O) groups is 2. The molecule has 3 aromatic carbocycles. The number of aromatic nitrogens is 4. The summed E-state index contributed by atoms with van der Waals surface area (Å²) in [4.78, 5) is 48.6. The van der Waals surface area contributed by atoms with Crippen molar-refractivity contribution in [2.24, 2.45) is 0 Å². The number of likely N-dealkylation sites (tertiary alicyclic amines) is 2. The van der Waals surface area contributed by atoms with E-state index in [2.05, 4.69) is 35.9 Å². The molecule has 354 valence electrons. The third-order valence-electron chi connectivity index (χ3n) is 13.3. The molecule has 19 heteroatoms. The van der Waals surface area contributed by atoms with Gasteiger partial charge in [0.25, 0.3) is 24.7 Å². The van der Waals surface area contributed by atoms with E-state index in [0.29, 0.717) is 92.7 Å². The van der Waals surface area contributed by atoms with E-state index < -0.39 is 23.9 Å². The van der Waals surface area contributed by atoms with Gasteiger partial charge >= 0.3 is 0 Å². The van der Waals surface area contributed by atoms with Crippen LogP contribution in [0.15, 0.2) is 73.6 Å². The van der Waals surface area contributed by atoms with E-state index in [-0.39, 0.29) is 24.9 Å². The van der Waals surface area contributed by atoms with Crippen molar-refractivity contribution in [2.45, 2.75) is 70.0 Å². The second-order valence-corrected chi connectivity index (χ2v) is 17.3. The number of hydrogen-bond acceptors (Lipinski definition) is 13. The van der Waals surface area contributed by atoms with Crippen molar-refractivity contribution in [2.75, 3.05) is 71.2 Å². The summed E-state index contributed by atoms with van der Waals surface area (Å²) in [6.45, 7) is 5.73. The van der Waals surface area contributed by atoms with Crippen LogP contribution in [0.3, 0.4) is 0 Å². The maximum atomic E-state index is 14.0. The van der Waals surface area contributed by atoms with E-state index in [4.69, 9.17) is 14.2 Å². The normalized spacial score (nSPS) is 17.3. The summed E-state index contributed by atoms with van der Waals surface area (Å²) in [5.74, 6) is 2.65. The lowest BCUT2D eigenvalue weighted by Crippen LogP contribution is -2.51. The minimum atomic E-state index is -2.39. The summed E-state index contributed by atoms with van der Waals surface area (Å²) in [7, 11) is 4.71. The molecule has 0 radical (unpaired) electrons. The van der Waals surface area contributed by atoms with E-state index in [0.717, 1.165) is 44.9 Å². The molecular weight excluding hydrogens is 873 g/mol. The third-order valence-corrected chi connectivity index (χ3v) is 13.3. The van der Waals surface area contributed by atoms with Gasteiger partial charge in [-0.1, -0.05) is 12.1 Å². The van der Waals surface area contributed by atoms with Gasteiger partial charge in [-0.15, -0.1) is 0 Å². The molecule has 9 rings (SSSR count). The van der Waals surface area contributed by atoms with Gasteiger partial charge in [0, 0.05) is 55.2 Å². The highest BCUT2D eigenvalue weighted by atomic mass is 19.3. The summed E-state index contributed by atoms with van der Waals surface area (Å²) < 4.78 is 67.7. The van der Waals surface area contributed by atoms with E-state index >= 15 is 0 Å². The Bertz CT molecular complexity index is 2590. The minimum absolute atomic E-state index is 0.0400. The van der Waals surface area contributed by atoms with Crippen LogP contribution in [0, 0.1) is 13.8 Å². The van der Waals surface area contributed by atoms with Gasteiger partial charge in [0.1, 0.15) is 18.4 Å². The molecule has 15 nitrogen and oxygen atoms in total. The van der Waals surface area contributed by atoms with Crippen molar-refractivity contribution in [3.8, 4) is 17.2 Å². The molecule has 6 heterocycles. The Morgan fingerprint density at radius 1 is 0.687 bits per heavy atom. The fourth-order valence-electron chi connectivity index (χ4n) is 9.95. The van der Waals surface area contributed by atoms with Crippen molar-refractivity contribution in [1.29, 1.82) is 0 Å². The maximum absolute atomic E-state index is 14.0. The molecule has 2 amide bonds. The summed E-state index contributed by atoms with van der Waals surface area (Å²) in [6.07, 6.45) is 3.59. The summed E-state index contributed by atoms with van der Waals surface area (Å²) >= 11 is 0. The first kappa shape index (κ1) is 46.9. The van der Waals surface area contributed by atoms with Crippen molar-refractivity contribution < 1.29 is 41.4 Å². The van der Waals surface area contributed by atoms with Crippen molar-refractivity contribution in [3.63, 3.8) is 0 Å². The largest absolute Gasteiger partial charge is 0.497 e. The van der Waals surface area contributed by atoms with Crippen LogP contribution in [0.4, 0.5) is 40.6 Å². The Balaban J connectivity index is 0.000000188. The van der Waals surface area contributed by atoms with Gasteiger partial charge in [0.05, 0.1) is 57.9 Å². The van der Waals surface area contributed by atoms with Crippen molar-refractivity contribution in [1.82, 2.24) is 40.0 Å². The van der Waals surface area contributed by atoms with Crippen LogP contribution in [-0.4, -0.2) is 120 Å². The molecule has 0 unspecified atom stereocenters. The first-order valence-corrected chi connectivity index (χ1v) is 22.1. The fourth-order valence-corrected chi connectivity index (χ4v) is 9.95. The molecule has 2 fully saturated rings. The Hall–Kier alpha value is -6.60. The average molecular weight is 927 g/mol. The monoisotopic (exact) mass is 926 g/mol. The summed E-state index contributed by atoms with van der Waals surface area (Å²) in [5.41, 5.74) is 6.27. The van der Waals surface area contributed by atoms with Gasteiger partial charge < -0.3 is 35.1 Å². The van der Waals surface area contributed by atoms with Gasteiger partial charge in [0.2, 0.25) is 0 Å². The average Bonchev–Trinajstić information content (AvgIpc) is 3.71. The summed E-state index contributed by atoms with van der Waals surface area (Å²) in [5, 5.41) is 9.69. The van der Waals surface area contributed by atoms with Gasteiger partial charge in [-0.3, -0.25) is 19.4 Å². The molecule has 2 aromatic heterocycles. The molecule has 2 spiro atoms. The lowest BCUT2D eigenvalue weighted by molar-refractivity contribution is 0.00786. The highest BCUT2D eigenvalue weighted by molar-refractivity contribution is 6.03. The van der Waals surface area contributed by atoms with Crippen molar-refractivity contribution >= 4 is 34.8 Å². The molecule has 0 atom stereocenters. The number of piperidine rings is 2. The number of alkyl halides is 4. The SMILES string of the molecule is COc1ccc(CN2C(=O)c3c(C)cc(Nc4ncncc4OC)cc3C23CCN(CC(F)F)CC3)cc1.COc1cncnc1Nc1cc(C)c2c(c1)C1(CCN(CC(F)F)CC1)NC2=O. The minimum Gasteiger partial charge on any atom is -0.497 e. The number of amides is 2. The first-order chi connectivity index (χ1) is 32.3. The smallest absolute Gasteiger partial charge is 0.255 e. The number of methoxy groups -OCH3 is 3. The van der Waals surface area contributed by atoms with Crippen LogP contribution in [0.2, 0.25) is 0 Å². The Morgan fingerprint density at radius 3 is 1.70 bits per heavy atom. The van der Waals surface area contributed by atoms with E-state index in [1.807, 2.05) is 67.3 Å². The Morgan fingerprint density at radius 2 is 1.19 bits per heavy atom. The number of ether oxygens (including phenoxy) is 3. The molecular formula is C48H54F4N10O5. The lowest BCUT2D eigenvalue weighted by atomic mass is 9.79. The third kappa shape index (κ3) is 9.65. The number of fused-ring (bicyclic) bond motifs is 4. The van der Waals surface area contributed by atoms with Crippen LogP contribution >= 0.6 is 0 Å². The molecule has 4 aliphatic rings. The fraction of sp³-hybridized carbons (Fsp3) is 0.417. The van der Waals surface area contributed by atoms with Crippen LogP contribution < -0.4 is 30.2 Å². The number of anilines is 4. The van der Waals surface area contributed by atoms with E-state index in [9.17, 15) is 27.2 Å². The van der Waals surface area contributed by atoms with Crippen LogP contribution in [0.5, 0.6) is 17.2 Å². The molecule has 2 saturated heterocycles. The predicted molar refractivity (Wildman–Crippen MR) is 243 cm³/mol. The molecule has 5 aromatic rings. The highest BCUT2D eigenvalue weighted by Gasteiger charge is 2.52. The maximum Gasteiger partial charge on any atom is 0.255 e. The van der Waals surface area contributed by atoms with E-state index in [1.54, 1.807) is 43.5 Å². The highest BCUT2D eigenvalue weighted by Crippen LogP contribution is 2.49. The number of carbonyl (C=O) groups excluding carboxylic acids is 2. The Labute approximate surface area is 386 Å². The number of halogens is 4. The molecule has 4 aliphatic heterocycles. The van der Waals surface area contributed by atoms with Crippen LogP contribution in [-0.2, 0) is 17.6 Å². The first-order valence-electron chi connectivity index (χ1n) is 22.1. The lowest BCUT2D eigenvalue weighted by Gasteiger charge is -2.45. The van der Waals surface area contributed by atoms with Gasteiger partial charge in [-0.25, -0.2) is 37.5 Å². The quantitative estimate of drug-likeness (QED) is 0.0993. The molecule has 0 saturated carbocycles. The number of rotatable bonds is 13. The standard InChI is InChI=1S/C28H31F2N5O3.C20H23F2N5O2/c1-18-12-20(33-26-23(38-3)14-31-17-32-26)13-22-25(18)27(36)35(15-19-4-6-21(37-2)7-5-19)28(22)8-10-34(11-9-28)16-24(29)30;1-12-7-13(25-18-15(29-2)9-23-11-24-18)8-14-17(12)19(28)26-20(14)3-5-27(6-4-20)10-16(21)22/h4-7,12-14,17,24H,8-11,15-16H2,1-3H3,(H,31,32,33);7-9,11,16H,3-6,10H2,1-2H3,(H,26,28)(H,23,24,25). The predicted octanol–water partition coefficient (Wildman–Crippen LogP) is 7.59. The number of nitrogens with one attached hydrogen (secondary N) is 3. The zero-order valence-corrected chi connectivity index (χ0v) is 38.0. The molecule has 67 heavy (non-hydrogen) atoms. The van der Waals surface area contributed by atoms with Gasteiger partial charge in [0.15, 0.2) is 23.1 Å². The zero-order chi connectivity index (χ0) is 47.5. The second kappa shape index (κ2) is 19.7. The number of hydrogen-bond donors (Lipinski definition) is 3. The van der Waals surface area contributed by atoms with Crippen LogP contribution in [0.25, 0.3) is 0 Å². The van der Waals surface area contributed by atoms with Crippen LogP contribution in [0.1, 0.15) is 74.2 Å². The zero-order valence-electron chi connectivity index (χ0n) is 38.0. The molecule has 0 bridgehead atoms. The Kier molecular flexibility index (Phi) is 13.8. The van der Waals surface area contributed by atoms with Gasteiger partial charge in [-0.05, 0) is 104 Å². The van der Waals surface area contributed by atoms with E-state index in [1.165, 1.54) is 12.7 Å². The number of aryl methyl sites for hydroxylation is 2. The topological polar surface area (TPSA) is 159 Å². The number of benzene rings is 3. The van der Waals surface area contributed by atoms with Crippen molar-refractivity contribution in [3.05, 3.63) is 113 Å². The second-order valence-electron chi connectivity index (χ2n) is 17.3. The van der Waals surface area contributed by atoms with Gasteiger partial charge in [-0.2, -0.15) is 0 Å². The molecule has 0 aliphatic carbocycles. The number of nitrogens with zero attached hydrogens (tertiary/aromatic N) is 7. The molecule has 3 N–H and O–H groups in total. The summed E-state index contributed by atoms with van der Waals surface area (Å²) in [6, 6.07) is 15.4.